The SMILES string of the molecule is C#CCNC(=O)C(S)C(C)C. The minimum atomic E-state index is -0.261. The molecule has 0 aromatic rings. The second-order valence-corrected chi connectivity index (χ2v) is 3.17. The van der Waals surface area contributed by atoms with Gasteiger partial charge >= 0.3 is 0 Å². The highest BCUT2D eigenvalue weighted by atomic mass is 32.1. The van der Waals surface area contributed by atoms with Crippen LogP contribution >= 0.6 is 12.6 Å². The fourth-order valence-corrected chi connectivity index (χ4v) is 0.637. The van der Waals surface area contributed by atoms with Crippen LogP contribution in [0.15, 0.2) is 0 Å². The topological polar surface area (TPSA) is 29.1 Å². The molecule has 1 amide bonds. The van der Waals surface area contributed by atoms with Crippen LogP contribution in [0.1, 0.15) is 13.8 Å². The van der Waals surface area contributed by atoms with Crippen molar-refractivity contribution in [3.05, 3.63) is 0 Å². The van der Waals surface area contributed by atoms with Crippen molar-refractivity contribution in [3.63, 3.8) is 0 Å². The van der Waals surface area contributed by atoms with E-state index in [-0.39, 0.29) is 23.6 Å². The van der Waals surface area contributed by atoms with E-state index in [1.165, 1.54) is 0 Å². The third-order valence-electron chi connectivity index (χ3n) is 1.26. The third-order valence-corrected chi connectivity index (χ3v) is 2.10. The average molecular weight is 171 g/mol. The van der Waals surface area contributed by atoms with Gasteiger partial charge in [-0.2, -0.15) is 12.6 Å². The predicted octanol–water partition coefficient (Wildman–Crippen LogP) is 0.690. The Balaban J connectivity index is 3.76. The Morgan fingerprint density at radius 1 is 1.73 bits per heavy atom. The number of amides is 1. The van der Waals surface area contributed by atoms with Crippen molar-refractivity contribution >= 4 is 18.5 Å². The highest BCUT2D eigenvalue weighted by Gasteiger charge is 2.16. The fraction of sp³-hybridized carbons (Fsp3) is 0.625. The lowest BCUT2D eigenvalue weighted by Gasteiger charge is -2.12. The normalized spacial score (nSPS) is 12.3. The van der Waals surface area contributed by atoms with Crippen LogP contribution in [0.4, 0.5) is 0 Å². The summed E-state index contributed by atoms with van der Waals surface area (Å²) in [6.45, 7) is 4.16. The lowest BCUT2D eigenvalue weighted by molar-refractivity contribution is -0.120. The van der Waals surface area contributed by atoms with E-state index in [9.17, 15) is 4.79 Å². The molecule has 0 saturated carbocycles. The maximum atomic E-state index is 11.1. The van der Waals surface area contributed by atoms with Crippen LogP contribution in [-0.4, -0.2) is 17.7 Å². The van der Waals surface area contributed by atoms with Crippen molar-refractivity contribution in [2.75, 3.05) is 6.54 Å². The van der Waals surface area contributed by atoms with Gasteiger partial charge in [0.15, 0.2) is 0 Å². The monoisotopic (exact) mass is 171 g/mol. The minimum absolute atomic E-state index is 0.0960. The summed E-state index contributed by atoms with van der Waals surface area (Å²) < 4.78 is 0. The van der Waals surface area contributed by atoms with E-state index < -0.39 is 0 Å². The van der Waals surface area contributed by atoms with Gasteiger partial charge in [0.1, 0.15) is 0 Å². The van der Waals surface area contributed by atoms with Crippen molar-refractivity contribution in [2.45, 2.75) is 19.1 Å². The van der Waals surface area contributed by atoms with Gasteiger partial charge in [0, 0.05) is 0 Å². The Labute approximate surface area is 73.2 Å². The van der Waals surface area contributed by atoms with E-state index in [4.69, 9.17) is 6.42 Å². The maximum Gasteiger partial charge on any atom is 0.233 e. The zero-order valence-corrected chi connectivity index (χ0v) is 7.69. The Morgan fingerprint density at radius 3 is 2.64 bits per heavy atom. The van der Waals surface area contributed by atoms with Crippen LogP contribution in [0.3, 0.4) is 0 Å². The number of rotatable bonds is 3. The molecule has 0 aromatic heterocycles. The molecule has 0 bridgehead atoms. The summed E-state index contributed by atoms with van der Waals surface area (Å²) in [5, 5.41) is 2.30. The van der Waals surface area contributed by atoms with Crippen LogP contribution < -0.4 is 5.32 Å². The molecule has 0 heterocycles. The molecule has 0 radical (unpaired) electrons. The second kappa shape index (κ2) is 5.09. The first-order valence-corrected chi connectivity index (χ1v) is 4.00. The van der Waals surface area contributed by atoms with Gasteiger partial charge in [0.25, 0.3) is 0 Å². The average Bonchev–Trinajstić information content (AvgIpc) is 1.98. The zero-order chi connectivity index (χ0) is 8.85. The molecule has 1 unspecified atom stereocenters. The Hall–Kier alpha value is -0.620. The molecule has 0 aliphatic carbocycles. The maximum absolute atomic E-state index is 11.1. The van der Waals surface area contributed by atoms with Crippen molar-refractivity contribution in [1.82, 2.24) is 5.32 Å². The van der Waals surface area contributed by atoms with E-state index >= 15 is 0 Å². The van der Waals surface area contributed by atoms with E-state index in [0.29, 0.717) is 0 Å². The molecule has 0 fully saturated rings. The van der Waals surface area contributed by atoms with Crippen molar-refractivity contribution in [1.29, 1.82) is 0 Å². The number of nitrogens with one attached hydrogen (secondary N) is 1. The Kier molecular flexibility index (Phi) is 4.80. The molecule has 0 aliphatic heterocycles. The molecule has 0 spiro atoms. The number of hydrogen-bond acceptors (Lipinski definition) is 2. The van der Waals surface area contributed by atoms with Gasteiger partial charge in [0.2, 0.25) is 5.91 Å². The number of carbonyl (C=O) groups is 1. The molecule has 0 rings (SSSR count). The molecule has 1 N–H and O–H groups in total. The molecule has 2 nitrogen and oxygen atoms in total. The van der Waals surface area contributed by atoms with Gasteiger partial charge < -0.3 is 5.32 Å². The van der Waals surface area contributed by atoms with Gasteiger partial charge in [-0.05, 0) is 5.92 Å². The first-order chi connectivity index (χ1) is 5.09. The van der Waals surface area contributed by atoms with Crippen LogP contribution in [0.25, 0.3) is 0 Å². The van der Waals surface area contributed by atoms with Gasteiger partial charge in [-0.15, -0.1) is 6.42 Å². The predicted molar refractivity (Wildman–Crippen MR) is 49.5 cm³/mol. The molecule has 0 aliphatic rings. The summed E-state index contributed by atoms with van der Waals surface area (Å²) in [6.07, 6.45) is 4.96. The van der Waals surface area contributed by atoms with Crippen LogP contribution in [-0.2, 0) is 4.79 Å². The molecule has 3 heteroatoms. The summed E-state index contributed by atoms with van der Waals surface area (Å²) in [5.41, 5.74) is 0. The summed E-state index contributed by atoms with van der Waals surface area (Å²) in [4.78, 5) is 11.1. The largest absolute Gasteiger partial charge is 0.344 e. The highest BCUT2D eigenvalue weighted by molar-refractivity contribution is 7.81. The van der Waals surface area contributed by atoms with Crippen molar-refractivity contribution < 1.29 is 4.79 Å². The zero-order valence-electron chi connectivity index (χ0n) is 6.79. The van der Waals surface area contributed by atoms with Crippen LogP contribution in [0.2, 0.25) is 0 Å². The Morgan fingerprint density at radius 2 is 2.27 bits per heavy atom. The van der Waals surface area contributed by atoms with E-state index in [1.54, 1.807) is 0 Å². The van der Waals surface area contributed by atoms with Gasteiger partial charge in [-0.25, -0.2) is 0 Å². The summed E-state index contributed by atoms with van der Waals surface area (Å²) in [5.74, 6) is 2.46. The smallest absolute Gasteiger partial charge is 0.233 e. The van der Waals surface area contributed by atoms with Crippen molar-refractivity contribution in [2.24, 2.45) is 5.92 Å². The van der Waals surface area contributed by atoms with Gasteiger partial charge in [-0.1, -0.05) is 19.8 Å². The minimum Gasteiger partial charge on any atom is -0.344 e. The first-order valence-electron chi connectivity index (χ1n) is 3.48. The number of thiol groups is 1. The summed E-state index contributed by atoms with van der Waals surface area (Å²) >= 11 is 4.11. The Bertz CT molecular complexity index is 171. The first kappa shape index (κ1) is 10.4. The van der Waals surface area contributed by atoms with Crippen LogP contribution in [0.5, 0.6) is 0 Å². The standard InChI is InChI=1S/C8H13NOS/c1-4-5-9-8(10)7(11)6(2)3/h1,6-7,11H,5H2,2-3H3,(H,9,10). The fourth-order valence-electron chi connectivity index (χ4n) is 0.545. The number of hydrogen-bond donors (Lipinski definition) is 2. The highest BCUT2D eigenvalue weighted by Crippen LogP contribution is 2.07. The third kappa shape index (κ3) is 3.94. The molecule has 11 heavy (non-hydrogen) atoms. The molecular formula is C8H13NOS. The van der Waals surface area contributed by atoms with E-state index in [2.05, 4.69) is 23.9 Å². The lowest BCUT2D eigenvalue weighted by Crippen LogP contribution is -2.34. The molecule has 0 aromatic carbocycles. The molecule has 0 saturated heterocycles. The number of terminal acetylenes is 1. The van der Waals surface area contributed by atoms with Crippen molar-refractivity contribution in [3.8, 4) is 12.3 Å². The molecule has 1 atom stereocenters. The molecular weight excluding hydrogens is 158 g/mol. The lowest BCUT2D eigenvalue weighted by atomic mass is 10.1. The van der Waals surface area contributed by atoms with E-state index in [1.807, 2.05) is 13.8 Å². The van der Waals surface area contributed by atoms with Gasteiger partial charge in [-0.3, -0.25) is 4.79 Å². The quantitative estimate of drug-likeness (QED) is 0.475. The van der Waals surface area contributed by atoms with Gasteiger partial charge in [0.05, 0.1) is 11.8 Å². The van der Waals surface area contributed by atoms with E-state index in [0.717, 1.165) is 0 Å². The molecule has 62 valence electrons. The second-order valence-electron chi connectivity index (χ2n) is 2.61. The summed E-state index contributed by atoms with van der Waals surface area (Å²) in [6, 6.07) is 0. The van der Waals surface area contributed by atoms with Crippen LogP contribution in [0, 0.1) is 18.3 Å². The summed E-state index contributed by atoms with van der Waals surface area (Å²) in [7, 11) is 0. The number of carbonyl (C=O) groups excluding carboxylic acids is 1.